The zero-order valence-corrected chi connectivity index (χ0v) is 14.2. The fraction of sp³-hybridized carbons (Fsp3) is 0.650. The van der Waals surface area contributed by atoms with Crippen LogP contribution in [0.5, 0.6) is 0 Å². The molecule has 0 spiro atoms. The molecule has 2 bridgehead atoms. The second-order valence-corrected chi connectivity index (χ2v) is 7.38. The van der Waals surface area contributed by atoms with E-state index in [9.17, 15) is 9.90 Å². The lowest BCUT2D eigenvalue weighted by Gasteiger charge is -2.38. The van der Waals surface area contributed by atoms with Crippen molar-refractivity contribution >= 4 is 6.29 Å². The van der Waals surface area contributed by atoms with E-state index < -0.39 is 6.10 Å². The standard InChI is InChI=1S/C20H30O2/c1-13(2)6-5-7-14(3)17-10-8-15(4)18-11-9-16(12-21)19(17)20(18)22/h6,9,12,14,17-20,22H,4-5,7-8,10-11H2,1-3H3/t14-,17+,18-,19+,20?/m0/s1. The van der Waals surface area contributed by atoms with Crippen LogP contribution in [-0.4, -0.2) is 17.5 Å². The van der Waals surface area contributed by atoms with Crippen LogP contribution in [-0.2, 0) is 4.79 Å². The highest BCUT2D eigenvalue weighted by Gasteiger charge is 2.43. The molecule has 2 nitrogen and oxygen atoms in total. The number of rotatable bonds is 5. The van der Waals surface area contributed by atoms with Crippen molar-refractivity contribution in [3.63, 3.8) is 0 Å². The molecule has 1 N–H and O–H groups in total. The highest BCUT2D eigenvalue weighted by Crippen LogP contribution is 2.46. The van der Waals surface area contributed by atoms with Gasteiger partial charge in [-0.05, 0) is 63.4 Å². The van der Waals surface area contributed by atoms with E-state index in [1.807, 2.05) is 6.08 Å². The SMILES string of the molecule is C=C1CC[C@H]([C@@H](C)CCC=C(C)C)[C@H]2C(C=O)=CC[C@@H]1C2O. The first-order chi connectivity index (χ1) is 10.5. The molecule has 0 aromatic carbocycles. The lowest BCUT2D eigenvalue weighted by Crippen LogP contribution is -2.39. The summed E-state index contributed by atoms with van der Waals surface area (Å²) in [6.07, 6.45) is 9.83. The summed E-state index contributed by atoms with van der Waals surface area (Å²) in [5.74, 6) is 1.02. The molecule has 2 heteroatoms. The summed E-state index contributed by atoms with van der Waals surface area (Å²) in [4.78, 5) is 11.5. The average molecular weight is 302 g/mol. The van der Waals surface area contributed by atoms with E-state index in [-0.39, 0.29) is 11.8 Å². The summed E-state index contributed by atoms with van der Waals surface area (Å²) in [7, 11) is 0. The third-order valence-corrected chi connectivity index (χ3v) is 5.60. The fourth-order valence-corrected chi connectivity index (χ4v) is 4.23. The third-order valence-electron chi connectivity index (χ3n) is 5.60. The lowest BCUT2D eigenvalue weighted by atomic mass is 9.69. The normalized spacial score (nSPS) is 32.7. The van der Waals surface area contributed by atoms with E-state index in [1.54, 1.807) is 0 Å². The molecule has 2 rings (SSSR count). The molecule has 0 saturated heterocycles. The Bertz CT molecular complexity index is 482. The van der Waals surface area contributed by atoms with Gasteiger partial charge in [-0.1, -0.05) is 36.8 Å². The number of hydrogen-bond donors (Lipinski definition) is 1. The number of carbonyl (C=O) groups is 1. The van der Waals surface area contributed by atoms with E-state index >= 15 is 0 Å². The third kappa shape index (κ3) is 3.60. The maximum absolute atomic E-state index is 11.5. The van der Waals surface area contributed by atoms with Gasteiger partial charge in [-0.3, -0.25) is 4.79 Å². The molecule has 0 heterocycles. The molecule has 0 aliphatic heterocycles. The van der Waals surface area contributed by atoms with Gasteiger partial charge in [0.15, 0.2) is 0 Å². The van der Waals surface area contributed by atoms with Crippen molar-refractivity contribution in [2.45, 2.75) is 59.0 Å². The molecule has 2 aliphatic rings. The van der Waals surface area contributed by atoms with Gasteiger partial charge >= 0.3 is 0 Å². The van der Waals surface area contributed by atoms with Crippen molar-refractivity contribution in [2.75, 3.05) is 0 Å². The molecule has 22 heavy (non-hydrogen) atoms. The molecule has 0 radical (unpaired) electrons. The highest BCUT2D eigenvalue weighted by atomic mass is 16.3. The van der Waals surface area contributed by atoms with Gasteiger partial charge < -0.3 is 5.11 Å². The Balaban J connectivity index is 2.19. The van der Waals surface area contributed by atoms with E-state index in [0.717, 1.165) is 49.5 Å². The van der Waals surface area contributed by atoms with Crippen molar-refractivity contribution in [1.82, 2.24) is 0 Å². The van der Waals surface area contributed by atoms with Gasteiger partial charge in [0.25, 0.3) is 0 Å². The van der Waals surface area contributed by atoms with Crippen LogP contribution in [0.4, 0.5) is 0 Å². The minimum absolute atomic E-state index is 0.00259. The summed E-state index contributed by atoms with van der Waals surface area (Å²) in [5, 5.41) is 10.8. The first kappa shape index (κ1) is 17.2. The molecule has 0 aromatic heterocycles. The lowest BCUT2D eigenvalue weighted by molar-refractivity contribution is -0.106. The smallest absolute Gasteiger partial charge is 0.146 e. The number of aliphatic hydroxyl groups excluding tert-OH is 1. The quantitative estimate of drug-likeness (QED) is 0.601. The minimum atomic E-state index is -0.434. The monoisotopic (exact) mass is 302 g/mol. The van der Waals surface area contributed by atoms with Gasteiger partial charge in [-0.2, -0.15) is 0 Å². The fourth-order valence-electron chi connectivity index (χ4n) is 4.23. The molecule has 2 aliphatic carbocycles. The number of allylic oxidation sites excluding steroid dienone is 3. The highest BCUT2D eigenvalue weighted by molar-refractivity contribution is 5.74. The number of fused-ring (bicyclic) bond motifs is 2. The van der Waals surface area contributed by atoms with Crippen molar-refractivity contribution in [2.24, 2.45) is 23.7 Å². The van der Waals surface area contributed by atoms with Crippen molar-refractivity contribution in [3.8, 4) is 0 Å². The Morgan fingerprint density at radius 2 is 2.23 bits per heavy atom. The summed E-state index contributed by atoms with van der Waals surface area (Å²) >= 11 is 0. The molecule has 1 saturated carbocycles. The minimum Gasteiger partial charge on any atom is -0.392 e. The molecule has 5 atom stereocenters. The molecule has 122 valence electrons. The number of aldehydes is 1. The van der Waals surface area contributed by atoms with Crippen LogP contribution in [0.1, 0.15) is 52.9 Å². The Kier molecular flexibility index (Phi) is 5.80. The van der Waals surface area contributed by atoms with Crippen LogP contribution >= 0.6 is 0 Å². The van der Waals surface area contributed by atoms with Crippen molar-refractivity contribution < 1.29 is 9.90 Å². The van der Waals surface area contributed by atoms with Gasteiger partial charge in [0, 0.05) is 11.8 Å². The van der Waals surface area contributed by atoms with E-state index in [0.29, 0.717) is 11.8 Å². The Morgan fingerprint density at radius 1 is 1.50 bits per heavy atom. The number of aliphatic hydroxyl groups is 1. The van der Waals surface area contributed by atoms with Crippen LogP contribution in [0.2, 0.25) is 0 Å². The van der Waals surface area contributed by atoms with E-state index in [1.165, 1.54) is 5.57 Å². The van der Waals surface area contributed by atoms with Crippen LogP contribution in [0, 0.1) is 23.7 Å². The zero-order chi connectivity index (χ0) is 16.3. The number of carbonyl (C=O) groups excluding carboxylic acids is 1. The first-order valence-electron chi connectivity index (χ1n) is 8.60. The van der Waals surface area contributed by atoms with Crippen LogP contribution in [0.15, 0.2) is 35.5 Å². The molecular formula is C20H30O2. The van der Waals surface area contributed by atoms with Gasteiger partial charge in [-0.15, -0.1) is 0 Å². The summed E-state index contributed by atoms with van der Waals surface area (Å²) in [6, 6.07) is 0. The Labute approximate surface area is 135 Å². The molecular weight excluding hydrogens is 272 g/mol. The topological polar surface area (TPSA) is 37.3 Å². The molecule has 1 unspecified atom stereocenters. The van der Waals surface area contributed by atoms with Crippen LogP contribution in [0.3, 0.4) is 0 Å². The van der Waals surface area contributed by atoms with Gasteiger partial charge in [-0.25, -0.2) is 0 Å². The molecule has 1 fully saturated rings. The molecule has 0 amide bonds. The van der Waals surface area contributed by atoms with Crippen molar-refractivity contribution in [3.05, 3.63) is 35.5 Å². The second kappa shape index (κ2) is 7.41. The largest absolute Gasteiger partial charge is 0.392 e. The van der Waals surface area contributed by atoms with Crippen molar-refractivity contribution in [1.29, 1.82) is 0 Å². The first-order valence-corrected chi connectivity index (χ1v) is 8.60. The van der Waals surface area contributed by atoms with Gasteiger partial charge in [0.05, 0.1) is 6.10 Å². The second-order valence-electron chi connectivity index (χ2n) is 7.38. The van der Waals surface area contributed by atoms with E-state index in [2.05, 4.69) is 33.4 Å². The van der Waals surface area contributed by atoms with E-state index in [4.69, 9.17) is 0 Å². The summed E-state index contributed by atoms with van der Waals surface area (Å²) < 4.78 is 0. The maximum Gasteiger partial charge on any atom is 0.146 e. The van der Waals surface area contributed by atoms with Crippen LogP contribution < -0.4 is 0 Å². The van der Waals surface area contributed by atoms with Gasteiger partial charge in [0.2, 0.25) is 0 Å². The number of hydrogen-bond acceptors (Lipinski definition) is 2. The Morgan fingerprint density at radius 3 is 2.86 bits per heavy atom. The predicted octanol–water partition coefficient (Wildman–Crippen LogP) is 4.46. The predicted molar refractivity (Wildman–Crippen MR) is 91.4 cm³/mol. The zero-order valence-electron chi connectivity index (χ0n) is 14.2. The van der Waals surface area contributed by atoms with Gasteiger partial charge in [0.1, 0.15) is 6.29 Å². The Hall–Kier alpha value is -1.15. The van der Waals surface area contributed by atoms with Crippen LogP contribution in [0.25, 0.3) is 0 Å². The average Bonchev–Trinajstić information content (AvgIpc) is 2.54. The summed E-state index contributed by atoms with van der Waals surface area (Å²) in [6.45, 7) is 10.7. The summed E-state index contributed by atoms with van der Waals surface area (Å²) in [5.41, 5.74) is 3.34. The maximum atomic E-state index is 11.5. The molecule has 0 aromatic rings.